The van der Waals surface area contributed by atoms with Gasteiger partial charge >= 0.3 is 0 Å². The largest absolute Gasteiger partial charge is 0.497 e. The lowest BCUT2D eigenvalue weighted by atomic mass is 9.98. The Morgan fingerprint density at radius 1 is 1.44 bits per heavy atom. The van der Waals surface area contributed by atoms with E-state index in [2.05, 4.69) is 19.2 Å². The fourth-order valence-corrected chi connectivity index (χ4v) is 2.16. The average molecular weight is 250 g/mol. The van der Waals surface area contributed by atoms with Crippen LogP contribution in [0.25, 0.3) is 0 Å². The van der Waals surface area contributed by atoms with Crippen LogP contribution in [-0.4, -0.2) is 17.6 Å². The van der Waals surface area contributed by atoms with Crippen LogP contribution in [0.2, 0.25) is 0 Å². The predicted molar refractivity (Wildman–Crippen MR) is 70.1 cm³/mol. The van der Waals surface area contributed by atoms with Gasteiger partial charge in [-0.1, -0.05) is 0 Å². The Hall–Kier alpha value is -1.78. The van der Waals surface area contributed by atoms with Crippen molar-refractivity contribution in [3.63, 3.8) is 0 Å². The van der Waals surface area contributed by atoms with Crippen molar-refractivity contribution in [1.29, 1.82) is 0 Å². The van der Waals surface area contributed by atoms with Gasteiger partial charge in [-0.25, -0.2) is 0 Å². The number of benzene rings is 1. The van der Waals surface area contributed by atoms with Gasteiger partial charge in [0.1, 0.15) is 11.4 Å². The molecule has 1 N–H and O–H groups in total. The highest BCUT2D eigenvalue weighted by molar-refractivity contribution is 5.65. The summed E-state index contributed by atoms with van der Waals surface area (Å²) in [6.45, 7) is 4.15. The van der Waals surface area contributed by atoms with Crippen LogP contribution in [0.4, 0.5) is 11.4 Å². The monoisotopic (exact) mass is 250 g/mol. The quantitative estimate of drug-likeness (QED) is 0.643. The number of nitro benzene ring substituents is 1. The summed E-state index contributed by atoms with van der Waals surface area (Å²) in [5.74, 6) is 1.21. The summed E-state index contributed by atoms with van der Waals surface area (Å²) in [5.41, 5.74) is 0.484. The summed E-state index contributed by atoms with van der Waals surface area (Å²) in [4.78, 5) is 10.6. The Labute approximate surface area is 106 Å². The maximum absolute atomic E-state index is 11.0. The number of nitrogens with zero attached hydrogens (tertiary/aromatic N) is 1. The summed E-state index contributed by atoms with van der Waals surface area (Å²) in [6, 6.07) is 4.76. The number of rotatable bonds is 5. The van der Waals surface area contributed by atoms with Crippen LogP contribution < -0.4 is 10.1 Å². The lowest BCUT2D eigenvalue weighted by molar-refractivity contribution is -0.384. The highest BCUT2D eigenvalue weighted by Crippen LogP contribution is 2.42. The second-order valence-corrected chi connectivity index (χ2v) is 5.26. The average Bonchev–Trinajstić information content (AvgIpc) is 3.11. The van der Waals surface area contributed by atoms with E-state index in [1.807, 2.05) is 0 Å². The van der Waals surface area contributed by atoms with Gasteiger partial charge in [-0.05, 0) is 38.7 Å². The lowest BCUT2D eigenvalue weighted by Crippen LogP contribution is -2.33. The molecule has 18 heavy (non-hydrogen) atoms. The first kappa shape index (κ1) is 12.7. The molecular formula is C13H18N2O3. The van der Waals surface area contributed by atoms with Crippen molar-refractivity contribution in [3.8, 4) is 5.75 Å². The Bertz CT molecular complexity index is 467. The fourth-order valence-electron chi connectivity index (χ4n) is 2.16. The Morgan fingerprint density at radius 2 is 2.11 bits per heavy atom. The molecule has 1 aromatic carbocycles. The van der Waals surface area contributed by atoms with Crippen molar-refractivity contribution in [2.75, 3.05) is 12.4 Å². The molecule has 0 saturated heterocycles. The molecule has 0 bridgehead atoms. The predicted octanol–water partition coefficient (Wildman–Crippen LogP) is 3.20. The number of anilines is 1. The van der Waals surface area contributed by atoms with Crippen molar-refractivity contribution in [2.45, 2.75) is 32.2 Å². The third kappa shape index (κ3) is 2.55. The van der Waals surface area contributed by atoms with E-state index in [-0.39, 0.29) is 16.1 Å². The van der Waals surface area contributed by atoms with Crippen LogP contribution in [0.5, 0.6) is 5.75 Å². The Morgan fingerprint density at radius 3 is 2.61 bits per heavy atom. The normalized spacial score (nSPS) is 15.3. The zero-order chi connectivity index (χ0) is 13.3. The third-order valence-corrected chi connectivity index (χ3v) is 3.46. The number of nitrogens with one attached hydrogen (secondary N) is 1. The van der Waals surface area contributed by atoms with Gasteiger partial charge in [-0.3, -0.25) is 10.1 Å². The molecule has 0 heterocycles. The molecule has 0 aromatic heterocycles. The van der Waals surface area contributed by atoms with Gasteiger partial charge in [0.05, 0.1) is 12.0 Å². The maximum atomic E-state index is 11.0. The Balaban J connectivity index is 2.31. The molecule has 2 rings (SSSR count). The molecule has 0 amide bonds. The van der Waals surface area contributed by atoms with Gasteiger partial charge < -0.3 is 10.1 Å². The standard InChI is InChI=1S/C13H18N2O3/c1-13(2,9-4-5-9)14-11-8-10(18-3)6-7-12(11)15(16)17/h6-9,14H,4-5H2,1-3H3. The van der Waals surface area contributed by atoms with Crippen LogP contribution in [0.1, 0.15) is 26.7 Å². The smallest absolute Gasteiger partial charge is 0.292 e. The highest BCUT2D eigenvalue weighted by Gasteiger charge is 2.38. The van der Waals surface area contributed by atoms with Gasteiger partial charge in [-0.15, -0.1) is 0 Å². The number of hydrogen-bond donors (Lipinski definition) is 1. The molecule has 0 atom stereocenters. The van der Waals surface area contributed by atoms with E-state index < -0.39 is 0 Å². The van der Waals surface area contributed by atoms with Crippen molar-refractivity contribution >= 4 is 11.4 Å². The van der Waals surface area contributed by atoms with Crippen LogP contribution in [0.3, 0.4) is 0 Å². The van der Waals surface area contributed by atoms with Gasteiger partial charge in [0.25, 0.3) is 5.69 Å². The summed E-state index contributed by atoms with van der Waals surface area (Å²) in [7, 11) is 1.55. The van der Waals surface area contributed by atoms with E-state index in [1.165, 1.54) is 18.9 Å². The molecule has 0 unspecified atom stereocenters. The minimum absolute atomic E-state index is 0.0875. The number of hydrogen-bond acceptors (Lipinski definition) is 4. The first-order valence-corrected chi connectivity index (χ1v) is 6.04. The van der Waals surface area contributed by atoms with Crippen molar-refractivity contribution < 1.29 is 9.66 Å². The SMILES string of the molecule is COc1ccc([N+](=O)[O-])c(NC(C)(C)C2CC2)c1. The van der Waals surface area contributed by atoms with Gasteiger partial charge in [0.15, 0.2) is 0 Å². The molecular weight excluding hydrogens is 232 g/mol. The van der Waals surface area contributed by atoms with E-state index in [4.69, 9.17) is 4.74 Å². The van der Waals surface area contributed by atoms with Crippen LogP contribution in [-0.2, 0) is 0 Å². The zero-order valence-electron chi connectivity index (χ0n) is 10.9. The summed E-state index contributed by atoms with van der Waals surface area (Å²) in [5, 5.41) is 14.3. The summed E-state index contributed by atoms with van der Waals surface area (Å²) >= 11 is 0. The maximum Gasteiger partial charge on any atom is 0.292 e. The fraction of sp³-hybridized carbons (Fsp3) is 0.538. The van der Waals surface area contributed by atoms with Crippen molar-refractivity contribution in [3.05, 3.63) is 28.3 Å². The molecule has 1 fully saturated rings. The molecule has 5 heteroatoms. The van der Waals surface area contributed by atoms with Crippen LogP contribution >= 0.6 is 0 Å². The van der Waals surface area contributed by atoms with Crippen LogP contribution in [0.15, 0.2) is 18.2 Å². The van der Waals surface area contributed by atoms with Gasteiger partial charge in [0, 0.05) is 17.7 Å². The number of nitro groups is 1. The first-order chi connectivity index (χ1) is 8.44. The molecule has 1 aliphatic carbocycles. The van der Waals surface area contributed by atoms with Crippen LogP contribution in [0, 0.1) is 16.0 Å². The van der Waals surface area contributed by atoms with Gasteiger partial charge in [-0.2, -0.15) is 0 Å². The van der Waals surface area contributed by atoms with Gasteiger partial charge in [0.2, 0.25) is 0 Å². The van der Waals surface area contributed by atoms with E-state index in [0.29, 0.717) is 17.4 Å². The molecule has 0 radical (unpaired) electrons. The summed E-state index contributed by atoms with van der Waals surface area (Å²) < 4.78 is 5.12. The molecule has 1 saturated carbocycles. The van der Waals surface area contributed by atoms with E-state index in [9.17, 15) is 10.1 Å². The van der Waals surface area contributed by atoms with Crippen molar-refractivity contribution in [1.82, 2.24) is 0 Å². The topological polar surface area (TPSA) is 64.4 Å². The first-order valence-electron chi connectivity index (χ1n) is 6.04. The zero-order valence-corrected chi connectivity index (χ0v) is 10.9. The van der Waals surface area contributed by atoms with E-state index >= 15 is 0 Å². The molecule has 1 aromatic rings. The Kier molecular flexibility index (Phi) is 3.15. The number of methoxy groups -OCH3 is 1. The second kappa shape index (κ2) is 4.48. The molecule has 0 aliphatic heterocycles. The second-order valence-electron chi connectivity index (χ2n) is 5.26. The van der Waals surface area contributed by atoms with Crippen molar-refractivity contribution in [2.24, 2.45) is 5.92 Å². The van der Waals surface area contributed by atoms with E-state index in [1.54, 1.807) is 19.2 Å². The highest BCUT2D eigenvalue weighted by atomic mass is 16.6. The minimum Gasteiger partial charge on any atom is -0.497 e. The number of ether oxygens (including phenoxy) is 1. The molecule has 1 aliphatic rings. The third-order valence-electron chi connectivity index (χ3n) is 3.46. The summed E-state index contributed by atoms with van der Waals surface area (Å²) in [6.07, 6.45) is 2.36. The molecule has 0 spiro atoms. The molecule has 98 valence electrons. The minimum atomic E-state index is -0.370. The lowest BCUT2D eigenvalue weighted by Gasteiger charge is -2.27. The van der Waals surface area contributed by atoms with E-state index in [0.717, 1.165) is 0 Å². The molecule has 5 nitrogen and oxygen atoms in total.